The van der Waals surface area contributed by atoms with E-state index < -0.39 is 0 Å². The van der Waals surface area contributed by atoms with Gasteiger partial charge in [0.15, 0.2) is 0 Å². The molecular formula is C16H23NO3. The lowest BCUT2D eigenvalue weighted by Crippen LogP contribution is -2.42. The van der Waals surface area contributed by atoms with Crippen LogP contribution >= 0.6 is 0 Å². The summed E-state index contributed by atoms with van der Waals surface area (Å²) in [6, 6.07) is 7.30. The fourth-order valence-corrected chi connectivity index (χ4v) is 2.66. The van der Waals surface area contributed by atoms with Gasteiger partial charge in [0, 0.05) is 24.6 Å². The van der Waals surface area contributed by atoms with E-state index in [9.17, 15) is 9.90 Å². The summed E-state index contributed by atoms with van der Waals surface area (Å²) in [6.45, 7) is 5.71. The molecule has 2 unspecified atom stereocenters. The number of carbonyl (C=O) groups excluding carboxylic acids is 1. The molecule has 1 aromatic carbocycles. The molecule has 4 heteroatoms. The van der Waals surface area contributed by atoms with E-state index in [4.69, 9.17) is 4.74 Å². The smallest absolute Gasteiger partial charge is 0.253 e. The van der Waals surface area contributed by atoms with E-state index in [1.54, 1.807) is 13.0 Å². The summed E-state index contributed by atoms with van der Waals surface area (Å²) in [6.07, 6.45) is 1.58. The molecule has 4 nitrogen and oxygen atoms in total. The highest BCUT2D eigenvalue weighted by molar-refractivity contribution is 5.94. The molecule has 0 aromatic heterocycles. The zero-order valence-electron chi connectivity index (χ0n) is 12.2. The van der Waals surface area contributed by atoms with Crippen LogP contribution in [-0.2, 0) is 0 Å². The minimum atomic E-state index is -0.361. The van der Waals surface area contributed by atoms with Crippen molar-refractivity contribution in [3.8, 4) is 5.75 Å². The zero-order valence-corrected chi connectivity index (χ0v) is 12.2. The number of amides is 1. The molecule has 0 spiro atoms. The van der Waals surface area contributed by atoms with Crippen molar-refractivity contribution >= 4 is 5.91 Å². The van der Waals surface area contributed by atoms with Crippen molar-refractivity contribution in [2.45, 2.75) is 32.8 Å². The van der Waals surface area contributed by atoms with Gasteiger partial charge in [0.05, 0.1) is 12.7 Å². The molecule has 1 aromatic rings. The minimum Gasteiger partial charge on any atom is -0.494 e. The van der Waals surface area contributed by atoms with E-state index in [2.05, 4.69) is 0 Å². The number of carbonyl (C=O) groups is 1. The standard InChI is InChI=1S/C16H23NO3/c1-3-20-15-8-4-6-13(10-15)16(19)17-9-5-7-14(11-17)12(2)18/h4,6,8,10,12,14,18H,3,5,7,9,11H2,1-2H3. The number of nitrogens with zero attached hydrogens (tertiary/aromatic N) is 1. The number of aliphatic hydroxyl groups is 1. The molecule has 1 saturated heterocycles. The number of aliphatic hydroxyl groups excluding tert-OH is 1. The number of benzene rings is 1. The van der Waals surface area contributed by atoms with E-state index in [-0.39, 0.29) is 17.9 Å². The number of ether oxygens (including phenoxy) is 1. The molecule has 0 bridgehead atoms. The van der Waals surface area contributed by atoms with Crippen molar-refractivity contribution in [2.24, 2.45) is 5.92 Å². The van der Waals surface area contributed by atoms with E-state index in [1.165, 1.54) is 0 Å². The van der Waals surface area contributed by atoms with Crippen molar-refractivity contribution in [1.82, 2.24) is 4.90 Å². The summed E-state index contributed by atoms with van der Waals surface area (Å²) in [5.41, 5.74) is 0.655. The third kappa shape index (κ3) is 3.51. The van der Waals surface area contributed by atoms with Crippen molar-refractivity contribution < 1.29 is 14.6 Å². The first-order valence-corrected chi connectivity index (χ1v) is 7.32. The summed E-state index contributed by atoms with van der Waals surface area (Å²) in [5.74, 6) is 0.933. The summed E-state index contributed by atoms with van der Waals surface area (Å²) >= 11 is 0. The molecule has 2 atom stereocenters. The largest absolute Gasteiger partial charge is 0.494 e. The van der Waals surface area contributed by atoms with Crippen molar-refractivity contribution in [1.29, 1.82) is 0 Å². The fourth-order valence-electron chi connectivity index (χ4n) is 2.66. The fraction of sp³-hybridized carbons (Fsp3) is 0.562. The Hall–Kier alpha value is -1.55. The van der Waals surface area contributed by atoms with Gasteiger partial charge in [-0.3, -0.25) is 4.79 Å². The molecule has 1 aliphatic heterocycles. The lowest BCUT2D eigenvalue weighted by atomic mass is 9.93. The average Bonchev–Trinajstić information content (AvgIpc) is 2.47. The molecule has 20 heavy (non-hydrogen) atoms. The lowest BCUT2D eigenvalue weighted by molar-refractivity contribution is 0.0465. The molecule has 1 fully saturated rings. The number of hydrogen-bond acceptors (Lipinski definition) is 3. The molecule has 1 heterocycles. The quantitative estimate of drug-likeness (QED) is 0.919. The van der Waals surface area contributed by atoms with E-state index in [1.807, 2.05) is 30.0 Å². The van der Waals surface area contributed by atoms with Gasteiger partial charge >= 0.3 is 0 Å². The van der Waals surface area contributed by atoms with Crippen LogP contribution in [-0.4, -0.2) is 41.7 Å². The molecule has 0 aliphatic carbocycles. The van der Waals surface area contributed by atoms with Crippen molar-refractivity contribution in [3.63, 3.8) is 0 Å². The molecule has 2 rings (SSSR count). The molecule has 0 saturated carbocycles. The molecule has 0 radical (unpaired) electrons. The second-order valence-corrected chi connectivity index (χ2v) is 5.35. The number of hydrogen-bond donors (Lipinski definition) is 1. The van der Waals surface area contributed by atoms with Gasteiger partial charge < -0.3 is 14.7 Å². The third-order valence-corrected chi connectivity index (χ3v) is 3.82. The van der Waals surface area contributed by atoms with E-state index >= 15 is 0 Å². The third-order valence-electron chi connectivity index (χ3n) is 3.82. The Morgan fingerprint density at radius 3 is 3.05 bits per heavy atom. The van der Waals surface area contributed by atoms with Gasteiger partial charge in [-0.2, -0.15) is 0 Å². The summed E-state index contributed by atoms with van der Waals surface area (Å²) in [7, 11) is 0. The van der Waals surface area contributed by atoms with Crippen LogP contribution in [0.4, 0.5) is 0 Å². The number of piperidine rings is 1. The minimum absolute atomic E-state index is 0.0249. The van der Waals surface area contributed by atoms with E-state index in [0.717, 1.165) is 25.1 Å². The normalized spacial score (nSPS) is 20.6. The Bertz CT molecular complexity index is 459. The van der Waals surface area contributed by atoms with Crippen molar-refractivity contribution in [3.05, 3.63) is 29.8 Å². The van der Waals surface area contributed by atoms with Gasteiger partial charge in [-0.1, -0.05) is 6.07 Å². The molecule has 1 amide bonds. The second-order valence-electron chi connectivity index (χ2n) is 5.35. The Labute approximate surface area is 120 Å². The topological polar surface area (TPSA) is 49.8 Å². The van der Waals surface area contributed by atoms with Gasteiger partial charge in [-0.25, -0.2) is 0 Å². The second kappa shape index (κ2) is 6.75. The van der Waals surface area contributed by atoms with Crippen LogP contribution in [0.25, 0.3) is 0 Å². The van der Waals surface area contributed by atoms with Gasteiger partial charge in [0.1, 0.15) is 5.75 Å². The Balaban J connectivity index is 2.08. The highest BCUT2D eigenvalue weighted by Gasteiger charge is 2.27. The van der Waals surface area contributed by atoms with Crippen LogP contribution in [0.2, 0.25) is 0 Å². The van der Waals surface area contributed by atoms with Gasteiger partial charge in [-0.15, -0.1) is 0 Å². The maximum Gasteiger partial charge on any atom is 0.253 e. The van der Waals surface area contributed by atoms with E-state index in [0.29, 0.717) is 18.7 Å². The first kappa shape index (κ1) is 14.9. The summed E-state index contributed by atoms with van der Waals surface area (Å²) in [4.78, 5) is 14.4. The van der Waals surface area contributed by atoms with Gasteiger partial charge in [0.2, 0.25) is 0 Å². The molecule has 1 N–H and O–H groups in total. The van der Waals surface area contributed by atoms with Crippen LogP contribution in [0.1, 0.15) is 37.0 Å². The monoisotopic (exact) mass is 277 g/mol. The van der Waals surface area contributed by atoms with Crippen LogP contribution in [0.5, 0.6) is 5.75 Å². The highest BCUT2D eigenvalue weighted by atomic mass is 16.5. The molecule has 1 aliphatic rings. The highest BCUT2D eigenvalue weighted by Crippen LogP contribution is 2.22. The lowest BCUT2D eigenvalue weighted by Gasteiger charge is -2.34. The van der Waals surface area contributed by atoms with Gasteiger partial charge in [-0.05, 0) is 44.9 Å². The zero-order chi connectivity index (χ0) is 14.5. The molecular weight excluding hydrogens is 254 g/mol. The SMILES string of the molecule is CCOc1cccc(C(=O)N2CCCC(C(C)O)C2)c1. The molecule has 110 valence electrons. The van der Waals surface area contributed by atoms with Crippen molar-refractivity contribution in [2.75, 3.05) is 19.7 Å². The number of likely N-dealkylation sites (tertiary alicyclic amines) is 1. The average molecular weight is 277 g/mol. The predicted octanol–water partition coefficient (Wildman–Crippen LogP) is 2.32. The summed E-state index contributed by atoms with van der Waals surface area (Å²) < 4.78 is 5.43. The van der Waals surface area contributed by atoms with Crippen LogP contribution in [0.15, 0.2) is 24.3 Å². The maximum atomic E-state index is 12.5. The first-order chi connectivity index (χ1) is 9.61. The Morgan fingerprint density at radius 2 is 2.35 bits per heavy atom. The van der Waals surface area contributed by atoms with Crippen LogP contribution < -0.4 is 4.74 Å². The summed E-state index contributed by atoms with van der Waals surface area (Å²) in [5, 5.41) is 9.70. The first-order valence-electron chi connectivity index (χ1n) is 7.32. The number of rotatable bonds is 4. The maximum absolute atomic E-state index is 12.5. The predicted molar refractivity (Wildman–Crippen MR) is 77.9 cm³/mol. The van der Waals surface area contributed by atoms with Crippen LogP contribution in [0, 0.1) is 5.92 Å². The van der Waals surface area contributed by atoms with Gasteiger partial charge in [0.25, 0.3) is 5.91 Å². The Kier molecular flexibility index (Phi) is 5.01. The Morgan fingerprint density at radius 1 is 1.55 bits per heavy atom. The van der Waals surface area contributed by atoms with Crippen LogP contribution in [0.3, 0.4) is 0 Å².